The number of imide groups is 2. The van der Waals surface area contributed by atoms with Crippen molar-refractivity contribution < 1.29 is 33.4 Å². The fraction of sp³-hybridized carbons (Fsp3) is 0.536. The van der Waals surface area contributed by atoms with Crippen LogP contribution in [0.15, 0.2) is 30.1 Å². The van der Waals surface area contributed by atoms with Gasteiger partial charge in [0.2, 0.25) is 12.3 Å². The van der Waals surface area contributed by atoms with Gasteiger partial charge < -0.3 is 30.4 Å². The molecule has 230 valence electrons. The van der Waals surface area contributed by atoms with Gasteiger partial charge in [-0.25, -0.2) is 5.84 Å². The number of hydrogen-bond acceptors (Lipinski definition) is 11. The predicted octanol–water partition coefficient (Wildman–Crippen LogP) is 0.157. The third kappa shape index (κ3) is 9.26. The van der Waals surface area contributed by atoms with Gasteiger partial charge in [0.05, 0.1) is 44.1 Å². The largest absolute Gasteiger partial charge is 0.393 e. The van der Waals surface area contributed by atoms with Crippen LogP contribution in [0.25, 0.3) is 0 Å². The van der Waals surface area contributed by atoms with Crippen molar-refractivity contribution in [3.05, 3.63) is 41.2 Å². The van der Waals surface area contributed by atoms with Crippen LogP contribution in [0.4, 0.5) is 5.69 Å². The van der Waals surface area contributed by atoms with Gasteiger partial charge in [-0.05, 0) is 50.8 Å². The number of carbonyl (C=O) groups excluding carboxylic acids is 5. The average molecular weight is 588 g/mol. The zero-order chi connectivity index (χ0) is 30.5. The summed E-state index contributed by atoms with van der Waals surface area (Å²) in [6, 6.07) is 4.45. The molecule has 42 heavy (non-hydrogen) atoms. The van der Waals surface area contributed by atoms with E-state index < -0.39 is 23.8 Å². The lowest BCUT2D eigenvalue weighted by atomic mass is 10.1. The fourth-order valence-corrected chi connectivity index (χ4v) is 4.71. The number of hydrazine groups is 1. The number of anilines is 1. The number of amides is 5. The Balaban J connectivity index is 1.30. The molecule has 3 rings (SSSR count). The van der Waals surface area contributed by atoms with Gasteiger partial charge in [0.15, 0.2) is 0 Å². The Hall–Kier alpha value is -4.01. The lowest BCUT2D eigenvalue weighted by molar-refractivity contribution is -0.128. The van der Waals surface area contributed by atoms with Crippen molar-refractivity contribution in [3.8, 4) is 0 Å². The summed E-state index contributed by atoms with van der Waals surface area (Å²) in [7, 11) is 0. The number of piperidine rings is 1. The molecule has 1 aromatic rings. The summed E-state index contributed by atoms with van der Waals surface area (Å²) in [4.78, 5) is 62.8. The third-order valence-electron chi connectivity index (χ3n) is 7.00. The first-order valence-corrected chi connectivity index (χ1v) is 14.1. The number of fused-ring (bicyclic) bond motifs is 1. The van der Waals surface area contributed by atoms with E-state index in [1.807, 2.05) is 5.32 Å². The quantitative estimate of drug-likeness (QED) is 0.0485. The van der Waals surface area contributed by atoms with E-state index in [9.17, 15) is 24.0 Å². The van der Waals surface area contributed by atoms with Gasteiger partial charge in [0.25, 0.3) is 17.7 Å². The van der Waals surface area contributed by atoms with Crippen molar-refractivity contribution in [2.75, 3.05) is 57.9 Å². The lowest BCUT2D eigenvalue weighted by Gasteiger charge is -2.27. The van der Waals surface area contributed by atoms with Crippen molar-refractivity contribution in [2.24, 2.45) is 11.6 Å². The Morgan fingerprint density at radius 2 is 1.74 bits per heavy atom. The first-order chi connectivity index (χ1) is 20.2. The van der Waals surface area contributed by atoms with Crippen molar-refractivity contribution in [1.29, 1.82) is 0 Å². The van der Waals surface area contributed by atoms with Gasteiger partial charge in [-0.1, -0.05) is 0 Å². The summed E-state index contributed by atoms with van der Waals surface area (Å²) in [6.45, 7) is 5.42. The number of ether oxygens (including phenoxy) is 2. The van der Waals surface area contributed by atoms with Crippen LogP contribution in [0.5, 0.6) is 0 Å². The Labute approximate surface area is 245 Å². The van der Waals surface area contributed by atoms with Gasteiger partial charge in [0.1, 0.15) is 5.70 Å². The predicted molar refractivity (Wildman–Crippen MR) is 154 cm³/mol. The molecule has 2 aliphatic rings. The number of carbonyl (C=O) groups is 5. The zero-order valence-corrected chi connectivity index (χ0v) is 24.0. The summed E-state index contributed by atoms with van der Waals surface area (Å²) in [5.41, 5.74) is 7.29. The number of hydrogen-bond donors (Lipinski definition) is 4. The molecule has 1 fully saturated rings. The molecule has 14 heteroatoms. The van der Waals surface area contributed by atoms with Crippen molar-refractivity contribution >= 4 is 35.7 Å². The highest BCUT2D eigenvalue weighted by molar-refractivity contribution is 6.22. The second-order valence-corrected chi connectivity index (χ2v) is 10.1. The molecular formula is C28H41N7O7. The lowest BCUT2D eigenvalue weighted by Crippen LogP contribution is -2.40. The normalized spacial score (nSPS) is 15.8. The first-order valence-electron chi connectivity index (χ1n) is 14.1. The number of nitrogens with zero attached hydrogens (tertiary/aromatic N) is 3. The van der Waals surface area contributed by atoms with E-state index in [1.165, 1.54) is 11.2 Å². The maximum absolute atomic E-state index is 12.9. The van der Waals surface area contributed by atoms with E-state index in [-0.39, 0.29) is 24.4 Å². The fourth-order valence-electron chi connectivity index (χ4n) is 4.71. The summed E-state index contributed by atoms with van der Waals surface area (Å²) < 4.78 is 11.1. The summed E-state index contributed by atoms with van der Waals surface area (Å²) in [5, 5.41) is 6.55. The Morgan fingerprint density at radius 1 is 1.05 bits per heavy atom. The number of benzene rings is 1. The van der Waals surface area contributed by atoms with Crippen LogP contribution in [0, 0.1) is 0 Å². The highest BCUT2D eigenvalue weighted by atomic mass is 16.5. The molecule has 0 saturated carbocycles. The van der Waals surface area contributed by atoms with Crippen molar-refractivity contribution in [2.45, 2.75) is 45.1 Å². The monoisotopic (exact) mass is 587 g/mol. The van der Waals surface area contributed by atoms with Crippen LogP contribution >= 0.6 is 0 Å². The van der Waals surface area contributed by atoms with Gasteiger partial charge in [-0.3, -0.25) is 34.2 Å². The molecule has 0 radical (unpaired) electrons. The minimum Gasteiger partial charge on any atom is -0.393 e. The van der Waals surface area contributed by atoms with Gasteiger partial charge >= 0.3 is 0 Å². The SMILES string of the molecule is CC(CCC(=O)NC=O)N1C(=O)c2ccc(NCCOCCOCCN(N)/C=C(\N)C(=O)N3CCCCC3)cc2C1=O. The van der Waals surface area contributed by atoms with Gasteiger partial charge in [0, 0.05) is 44.0 Å². The van der Waals surface area contributed by atoms with Crippen molar-refractivity contribution in [3.63, 3.8) is 0 Å². The number of nitrogens with one attached hydrogen (secondary N) is 2. The van der Waals surface area contributed by atoms with Gasteiger partial charge in [-0.2, -0.15) is 0 Å². The third-order valence-corrected chi connectivity index (χ3v) is 7.00. The van der Waals surface area contributed by atoms with Crippen LogP contribution < -0.4 is 22.2 Å². The van der Waals surface area contributed by atoms with E-state index in [0.717, 1.165) is 37.3 Å². The number of nitrogens with two attached hydrogens (primary N) is 2. The first kappa shape index (κ1) is 32.5. The van der Waals surface area contributed by atoms with Gasteiger partial charge in [-0.15, -0.1) is 0 Å². The van der Waals surface area contributed by atoms with E-state index >= 15 is 0 Å². The Kier molecular flexibility index (Phi) is 12.7. The van der Waals surface area contributed by atoms with Crippen LogP contribution in [-0.2, 0) is 23.9 Å². The van der Waals surface area contributed by atoms with Crippen molar-refractivity contribution in [1.82, 2.24) is 20.1 Å². The maximum atomic E-state index is 12.9. The summed E-state index contributed by atoms with van der Waals surface area (Å²) in [6.07, 6.45) is 5.10. The Bertz CT molecular complexity index is 1150. The van der Waals surface area contributed by atoms with E-state index in [0.29, 0.717) is 62.7 Å². The highest BCUT2D eigenvalue weighted by Gasteiger charge is 2.38. The molecular weight excluding hydrogens is 546 g/mol. The van der Waals surface area contributed by atoms with Crippen LogP contribution in [0.2, 0.25) is 0 Å². The van der Waals surface area contributed by atoms with Crippen LogP contribution in [-0.4, -0.2) is 103 Å². The second-order valence-electron chi connectivity index (χ2n) is 10.1. The molecule has 1 aromatic carbocycles. The maximum Gasteiger partial charge on any atom is 0.271 e. The zero-order valence-electron chi connectivity index (χ0n) is 24.0. The highest BCUT2D eigenvalue weighted by Crippen LogP contribution is 2.28. The standard InChI is InChI=1S/C28H41N7O7/c1-20(5-8-25(37)32-19-36)35-26(38)22-7-6-21(17-23(22)27(35)39)31-9-13-41-15-16-42-14-12-34(30)18-24(29)28(40)33-10-3-2-4-11-33/h6-7,17-20,31H,2-5,8-16,29-30H2,1H3,(H,32,36,37)/b24-18-. The summed E-state index contributed by atoms with van der Waals surface area (Å²) >= 11 is 0. The molecule has 0 spiro atoms. The minimum atomic E-state index is -0.502. The molecule has 0 bridgehead atoms. The minimum absolute atomic E-state index is 0.0181. The number of likely N-dealkylation sites (tertiary alicyclic amines) is 1. The molecule has 1 saturated heterocycles. The topological polar surface area (TPSA) is 190 Å². The molecule has 0 aliphatic carbocycles. The summed E-state index contributed by atoms with van der Waals surface area (Å²) in [5.74, 6) is 4.42. The molecule has 1 atom stereocenters. The van der Waals surface area contributed by atoms with E-state index in [1.54, 1.807) is 30.0 Å². The molecule has 14 nitrogen and oxygen atoms in total. The molecule has 0 aromatic heterocycles. The molecule has 1 unspecified atom stereocenters. The molecule has 2 aliphatic heterocycles. The van der Waals surface area contributed by atoms with E-state index in [2.05, 4.69) is 5.32 Å². The smallest absolute Gasteiger partial charge is 0.271 e. The Morgan fingerprint density at radius 3 is 2.45 bits per heavy atom. The molecule has 6 N–H and O–H groups in total. The number of rotatable bonds is 17. The molecule has 5 amide bonds. The van der Waals surface area contributed by atoms with E-state index in [4.69, 9.17) is 21.1 Å². The van der Waals surface area contributed by atoms with Crippen LogP contribution in [0.1, 0.15) is 59.7 Å². The van der Waals surface area contributed by atoms with Crippen LogP contribution in [0.3, 0.4) is 0 Å². The average Bonchev–Trinajstić information content (AvgIpc) is 3.23. The second kappa shape index (κ2) is 16.4. The molecule has 2 heterocycles.